The van der Waals surface area contributed by atoms with Crippen molar-refractivity contribution >= 4 is 36.0 Å². The molecule has 0 spiro atoms. The van der Waals surface area contributed by atoms with Crippen molar-refractivity contribution in [2.24, 2.45) is 12.0 Å². The maximum absolute atomic E-state index is 12.4. The van der Waals surface area contributed by atoms with E-state index in [9.17, 15) is 4.79 Å². The average molecular weight is 549 g/mol. The number of halogens is 1. The first-order chi connectivity index (χ1) is 14.2. The van der Waals surface area contributed by atoms with E-state index in [1.165, 1.54) is 11.3 Å². The first kappa shape index (κ1) is 27.5. The number of nitrogens with one attached hydrogen (secondary N) is 2. The van der Waals surface area contributed by atoms with Crippen LogP contribution in [0, 0.1) is 0 Å². The molecule has 0 aromatic carbocycles. The molecule has 1 atom stereocenters. The lowest BCUT2D eigenvalue weighted by atomic mass is 10.1. The van der Waals surface area contributed by atoms with Crippen molar-refractivity contribution in [3.05, 3.63) is 17.0 Å². The molecule has 31 heavy (non-hydrogen) atoms. The topological polar surface area (TPSA) is 83.8 Å². The van der Waals surface area contributed by atoms with Gasteiger partial charge in [0.2, 0.25) is 0 Å². The van der Waals surface area contributed by atoms with E-state index in [2.05, 4.69) is 36.5 Å². The standard InChI is InChI=1S/C22H40N6O2.HI/c1-8-18-17(19(9-2)27(7)26-18)14-24-20(23-10-3)25-16-12-11-13-28(15-16)21(29)30-22(4,5)6;/h16H,8-15H2,1-7H3,(H2,23,24,25);1H. The molecule has 9 heteroatoms. The maximum atomic E-state index is 12.4. The predicted molar refractivity (Wildman–Crippen MR) is 136 cm³/mol. The molecule has 1 aliphatic heterocycles. The van der Waals surface area contributed by atoms with Gasteiger partial charge in [-0.25, -0.2) is 9.79 Å². The summed E-state index contributed by atoms with van der Waals surface area (Å²) < 4.78 is 7.52. The van der Waals surface area contributed by atoms with Crippen molar-refractivity contribution in [2.75, 3.05) is 19.6 Å². The van der Waals surface area contributed by atoms with E-state index in [-0.39, 0.29) is 36.1 Å². The Morgan fingerprint density at radius 1 is 1.26 bits per heavy atom. The Kier molecular flexibility index (Phi) is 11.1. The fourth-order valence-electron chi connectivity index (χ4n) is 3.83. The van der Waals surface area contributed by atoms with Gasteiger partial charge in [-0.2, -0.15) is 5.10 Å². The van der Waals surface area contributed by atoms with Crippen LogP contribution >= 0.6 is 24.0 Å². The highest BCUT2D eigenvalue weighted by Crippen LogP contribution is 2.17. The Bertz CT molecular complexity index is 741. The summed E-state index contributed by atoms with van der Waals surface area (Å²) in [7, 11) is 2.00. The van der Waals surface area contributed by atoms with Crippen LogP contribution in [0.1, 0.15) is 71.3 Å². The Balaban J connectivity index is 0.00000480. The van der Waals surface area contributed by atoms with Crippen LogP contribution in [0.2, 0.25) is 0 Å². The largest absolute Gasteiger partial charge is 0.444 e. The van der Waals surface area contributed by atoms with E-state index in [0.29, 0.717) is 13.1 Å². The molecule has 0 saturated carbocycles. The number of aliphatic imine (C=N–C) groups is 1. The summed E-state index contributed by atoms with van der Waals surface area (Å²) in [6.07, 6.45) is 3.53. The lowest BCUT2D eigenvalue weighted by Gasteiger charge is -2.35. The zero-order valence-corrected chi connectivity index (χ0v) is 22.6. The number of rotatable bonds is 6. The third kappa shape index (κ3) is 8.16. The Labute approximate surface area is 204 Å². The van der Waals surface area contributed by atoms with Gasteiger partial charge in [-0.05, 0) is 53.4 Å². The van der Waals surface area contributed by atoms with E-state index < -0.39 is 5.60 Å². The van der Waals surface area contributed by atoms with Crippen molar-refractivity contribution in [1.29, 1.82) is 0 Å². The third-order valence-electron chi connectivity index (χ3n) is 5.18. The fourth-order valence-corrected chi connectivity index (χ4v) is 3.83. The molecule has 1 aliphatic rings. The van der Waals surface area contributed by atoms with Crippen molar-refractivity contribution < 1.29 is 9.53 Å². The molecule has 1 aromatic heterocycles. The molecular weight excluding hydrogens is 507 g/mol. The summed E-state index contributed by atoms with van der Waals surface area (Å²) in [6, 6.07) is 0.147. The quantitative estimate of drug-likeness (QED) is 0.323. The minimum absolute atomic E-state index is 0. The van der Waals surface area contributed by atoms with Crippen LogP contribution in [0.25, 0.3) is 0 Å². The van der Waals surface area contributed by atoms with Crippen LogP contribution in [0.5, 0.6) is 0 Å². The summed E-state index contributed by atoms with van der Waals surface area (Å²) in [6.45, 7) is 14.8. The second-order valence-electron chi connectivity index (χ2n) is 8.81. The van der Waals surface area contributed by atoms with Gasteiger partial charge in [-0.15, -0.1) is 24.0 Å². The number of hydrogen-bond donors (Lipinski definition) is 2. The summed E-state index contributed by atoms with van der Waals surface area (Å²) >= 11 is 0. The van der Waals surface area contributed by atoms with Crippen molar-refractivity contribution in [1.82, 2.24) is 25.3 Å². The van der Waals surface area contributed by atoms with Crippen LogP contribution in [0.15, 0.2) is 4.99 Å². The van der Waals surface area contributed by atoms with E-state index in [0.717, 1.165) is 50.4 Å². The van der Waals surface area contributed by atoms with E-state index in [1.54, 1.807) is 4.90 Å². The van der Waals surface area contributed by atoms with Gasteiger partial charge in [0.05, 0.1) is 12.2 Å². The summed E-state index contributed by atoms with van der Waals surface area (Å²) in [5.41, 5.74) is 3.09. The highest BCUT2D eigenvalue weighted by atomic mass is 127. The zero-order valence-electron chi connectivity index (χ0n) is 20.2. The number of carbonyl (C=O) groups is 1. The number of guanidine groups is 1. The number of likely N-dealkylation sites (tertiary alicyclic amines) is 1. The monoisotopic (exact) mass is 548 g/mol. The van der Waals surface area contributed by atoms with Gasteiger partial charge in [0.1, 0.15) is 5.60 Å². The summed E-state index contributed by atoms with van der Waals surface area (Å²) in [4.78, 5) is 19.1. The lowest BCUT2D eigenvalue weighted by Crippen LogP contribution is -2.53. The normalized spacial score (nSPS) is 17.2. The molecule has 0 aliphatic carbocycles. The van der Waals surface area contributed by atoms with E-state index in [4.69, 9.17) is 9.73 Å². The number of amides is 1. The molecule has 2 rings (SSSR count). The number of carbonyl (C=O) groups excluding carboxylic acids is 1. The SMILES string of the molecule is CCNC(=NCc1c(CC)nn(C)c1CC)NC1CCCN(C(=O)OC(C)(C)C)C1.I. The molecule has 1 fully saturated rings. The number of aromatic nitrogens is 2. The molecule has 1 unspecified atom stereocenters. The molecular formula is C22H41IN6O2. The molecule has 1 amide bonds. The van der Waals surface area contributed by atoms with Crippen molar-refractivity contribution in [3.8, 4) is 0 Å². The Hall–Kier alpha value is -1.52. The molecule has 0 bridgehead atoms. The molecule has 178 valence electrons. The highest BCUT2D eigenvalue weighted by molar-refractivity contribution is 14.0. The molecule has 2 N–H and O–H groups in total. The van der Waals surface area contributed by atoms with Gasteiger partial charge in [0.15, 0.2) is 5.96 Å². The minimum Gasteiger partial charge on any atom is -0.444 e. The van der Waals surface area contributed by atoms with Crippen LogP contribution in [0.4, 0.5) is 4.79 Å². The molecule has 1 saturated heterocycles. The average Bonchev–Trinajstić information content (AvgIpc) is 2.99. The highest BCUT2D eigenvalue weighted by Gasteiger charge is 2.28. The third-order valence-corrected chi connectivity index (χ3v) is 5.18. The number of hydrogen-bond acceptors (Lipinski definition) is 4. The number of piperidine rings is 1. The second-order valence-corrected chi connectivity index (χ2v) is 8.81. The van der Waals surface area contributed by atoms with Crippen LogP contribution < -0.4 is 10.6 Å². The van der Waals surface area contributed by atoms with Gasteiger partial charge >= 0.3 is 6.09 Å². The van der Waals surface area contributed by atoms with E-state index >= 15 is 0 Å². The molecule has 2 heterocycles. The van der Waals surface area contributed by atoms with Crippen LogP contribution in [-0.2, 0) is 31.2 Å². The Morgan fingerprint density at radius 3 is 2.55 bits per heavy atom. The summed E-state index contributed by atoms with van der Waals surface area (Å²) in [5, 5.41) is 11.5. The van der Waals surface area contributed by atoms with Gasteiger partial charge in [-0.1, -0.05) is 13.8 Å². The first-order valence-corrected chi connectivity index (χ1v) is 11.2. The smallest absolute Gasteiger partial charge is 0.410 e. The van der Waals surface area contributed by atoms with E-state index in [1.807, 2.05) is 32.5 Å². The number of aryl methyl sites for hydroxylation is 2. The van der Waals surface area contributed by atoms with Gasteiger partial charge in [-0.3, -0.25) is 4.68 Å². The van der Waals surface area contributed by atoms with Crippen LogP contribution in [-0.4, -0.2) is 58.0 Å². The minimum atomic E-state index is -0.481. The van der Waals surface area contributed by atoms with Gasteiger partial charge in [0, 0.05) is 44.0 Å². The van der Waals surface area contributed by atoms with Crippen molar-refractivity contribution in [3.63, 3.8) is 0 Å². The predicted octanol–water partition coefficient (Wildman–Crippen LogP) is 3.62. The summed E-state index contributed by atoms with van der Waals surface area (Å²) in [5.74, 6) is 0.779. The molecule has 8 nitrogen and oxygen atoms in total. The Morgan fingerprint density at radius 2 is 1.97 bits per heavy atom. The maximum Gasteiger partial charge on any atom is 0.410 e. The molecule has 0 radical (unpaired) electrons. The fraction of sp³-hybridized carbons (Fsp3) is 0.773. The number of nitrogens with zero attached hydrogens (tertiary/aromatic N) is 4. The van der Waals surface area contributed by atoms with Gasteiger partial charge < -0.3 is 20.3 Å². The molecule has 1 aromatic rings. The van der Waals surface area contributed by atoms with Gasteiger partial charge in [0.25, 0.3) is 0 Å². The zero-order chi connectivity index (χ0) is 22.3. The van der Waals surface area contributed by atoms with Crippen LogP contribution in [0.3, 0.4) is 0 Å². The first-order valence-electron chi connectivity index (χ1n) is 11.2. The van der Waals surface area contributed by atoms with Crippen molar-refractivity contribution in [2.45, 2.75) is 85.4 Å². The lowest BCUT2D eigenvalue weighted by molar-refractivity contribution is 0.0193. The number of ether oxygens (including phenoxy) is 1. The second kappa shape index (κ2) is 12.5.